The fourth-order valence-electron chi connectivity index (χ4n) is 3.83. The first kappa shape index (κ1) is 24.2. The minimum atomic E-state index is -3.80. The van der Waals surface area contributed by atoms with Gasteiger partial charge in [0.2, 0.25) is 15.0 Å². The Bertz CT molecular complexity index is 1290. The Morgan fingerprint density at radius 2 is 1.94 bits per heavy atom. The van der Waals surface area contributed by atoms with Crippen LogP contribution in [0.15, 0.2) is 59.9 Å². The predicted molar refractivity (Wildman–Crippen MR) is 129 cm³/mol. The number of hydrogen-bond donors (Lipinski definition) is 1. The molecule has 0 saturated heterocycles. The highest BCUT2D eigenvalue weighted by Crippen LogP contribution is 2.31. The Hall–Kier alpha value is -2.91. The van der Waals surface area contributed by atoms with Crippen LogP contribution in [0.5, 0.6) is 0 Å². The zero-order valence-electron chi connectivity index (χ0n) is 18.9. The minimum Gasteiger partial charge on any atom is -0.316 e. The van der Waals surface area contributed by atoms with Gasteiger partial charge in [0.05, 0.1) is 24.2 Å². The molecule has 0 atom stereocenters. The molecule has 1 fully saturated rings. The Kier molecular flexibility index (Phi) is 6.95. The molecule has 2 aromatic carbocycles. The second-order valence-corrected chi connectivity index (χ2v) is 11.0. The molecule has 2 amide bonds. The molecule has 0 bridgehead atoms. The molecule has 1 aliphatic carbocycles. The third kappa shape index (κ3) is 5.59. The van der Waals surface area contributed by atoms with Crippen LogP contribution >= 0.6 is 11.6 Å². The van der Waals surface area contributed by atoms with Gasteiger partial charge in [0.1, 0.15) is 5.82 Å². The van der Waals surface area contributed by atoms with E-state index in [2.05, 4.69) is 10.3 Å². The quantitative estimate of drug-likeness (QED) is 0.443. The van der Waals surface area contributed by atoms with Crippen LogP contribution in [0.4, 0.5) is 14.9 Å². The first-order valence-electron chi connectivity index (χ1n) is 11.0. The molecule has 0 unspecified atom stereocenters. The minimum absolute atomic E-state index is 0.0622. The molecule has 1 aliphatic rings. The van der Waals surface area contributed by atoms with E-state index in [9.17, 15) is 17.6 Å². The number of halogens is 2. The Balaban J connectivity index is 1.58. The molecule has 10 heteroatoms. The molecular formula is C24H26ClFN4O3S. The van der Waals surface area contributed by atoms with Crippen molar-refractivity contribution in [3.05, 3.63) is 76.8 Å². The summed E-state index contributed by atoms with van der Waals surface area (Å²) in [7, 11) is -3.80. The van der Waals surface area contributed by atoms with Crippen molar-refractivity contribution in [2.45, 2.75) is 56.2 Å². The third-order valence-corrected chi connectivity index (χ3v) is 7.37. The van der Waals surface area contributed by atoms with Crippen molar-refractivity contribution in [2.75, 3.05) is 5.32 Å². The molecule has 3 aromatic rings. The van der Waals surface area contributed by atoms with Crippen molar-refractivity contribution < 1.29 is 17.6 Å². The van der Waals surface area contributed by atoms with E-state index >= 15 is 0 Å². The summed E-state index contributed by atoms with van der Waals surface area (Å²) >= 11 is 6.03. The van der Waals surface area contributed by atoms with Gasteiger partial charge in [-0.05, 0) is 62.6 Å². The molecule has 0 spiro atoms. The van der Waals surface area contributed by atoms with Gasteiger partial charge >= 0.3 is 6.03 Å². The van der Waals surface area contributed by atoms with Gasteiger partial charge in [0.15, 0.2) is 0 Å². The van der Waals surface area contributed by atoms with Crippen LogP contribution in [0.1, 0.15) is 44.0 Å². The lowest BCUT2D eigenvalue weighted by Crippen LogP contribution is -2.37. The summed E-state index contributed by atoms with van der Waals surface area (Å²) in [5.74, 6) is -0.721. The van der Waals surface area contributed by atoms with Gasteiger partial charge in [-0.3, -0.25) is 0 Å². The van der Waals surface area contributed by atoms with Gasteiger partial charge in [-0.25, -0.2) is 22.6 Å². The van der Waals surface area contributed by atoms with Gasteiger partial charge in [-0.15, -0.1) is 0 Å². The second kappa shape index (κ2) is 9.76. The van der Waals surface area contributed by atoms with Crippen molar-refractivity contribution >= 4 is 33.2 Å². The number of rotatable bonds is 8. The molecule has 1 heterocycles. The fourth-order valence-corrected chi connectivity index (χ4v) is 5.62. The number of anilines is 1. The van der Waals surface area contributed by atoms with Gasteiger partial charge in [-0.2, -0.15) is 0 Å². The van der Waals surface area contributed by atoms with Crippen molar-refractivity contribution in [1.82, 2.24) is 14.5 Å². The molecule has 180 valence electrons. The van der Waals surface area contributed by atoms with Gasteiger partial charge in [-0.1, -0.05) is 29.8 Å². The molecule has 34 heavy (non-hydrogen) atoms. The highest BCUT2D eigenvalue weighted by atomic mass is 35.5. The fraction of sp³-hybridized carbons (Fsp3) is 0.333. The van der Waals surface area contributed by atoms with Crippen molar-refractivity contribution in [3.63, 3.8) is 0 Å². The van der Waals surface area contributed by atoms with E-state index in [1.165, 1.54) is 30.5 Å². The zero-order chi connectivity index (χ0) is 24.5. The molecule has 0 radical (unpaired) electrons. The van der Waals surface area contributed by atoms with E-state index in [1.54, 1.807) is 33.7 Å². The molecule has 1 aromatic heterocycles. The van der Waals surface area contributed by atoms with Crippen LogP contribution in [0.3, 0.4) is 0 Å². The number of imidazole rings is 1. The number of nitrogens with one attached hydrogen (secondary N) is 1. The lowest BCUT2D eigenvalue weighted by molar-refractivity contribution is 0.204. The Labute approximate surface area is 203 Å². The summed E-state index contributed by atoms with van der Waals surface area (Å²) in [6.45, 7) is 3.96. The van der Waals surface area contributed by atoms with Crippen LogP contribution in [-0.2, 0) is 22.1 Å². The van der Waals surface area contributed by atoms with Gasteiger partial charge in [0, 0.05) is 22.8 Å². The number of carbonyl (C=O) groups excluding carboxylic acids is 1. The van der Waals surface area contributed by atoms with Crippen LogP contribution in [-0.4, -0.2) is 34.9 Å². The maximum absolute atomic E-state index is 13.2. The highest BCUT2D eigenvalue weighted by Gasteiger charge is 2.34. The lowest BCUT2D eigenvalue weighted by Gasteiger charge is -2.25. The van der Waals surface area contributed by atoms with Crippen molar-refractivity contribution in [3.8, 4) is 0 Å². The number of hydrogen-bond acceptors (Lipinski definition) is 4. The molecule has 4 rings (SSSR count). The lowest BCUT2D eigenvalue weighted by atomic mass is 10.2. The zero-order valence-corrected chi connectivity index (χ0v) is 20.5. The number of urea groups is 1. The average molecular weight is 505 g/mol. The van der Waals surface area contributed by atoms with E-state index in [4.69, 9.17) is 11.6 Å². The van der Waals surface area contributed by atoms with Crippen molar-refractivity contribution in [2.24, 2.45) is 0 Å². The molecule has 1 N–H and O–H groups in total. The number of nitrogens with zero attached hydrogens (tertiary/aromatic N) is 3. The predicted octanol–water partition coefficient (Wildman–Crippen LogP) is 5.43. The van der Waals surface area contributed by atoms with Crippen LogP contribution in [0.2, 0.25) is 5.02 Å². The topological polar surface area (TPSA) is 84.3 Å². The largest absolute Gasteiger partial charge is 0.322 e. The van der Waals surface area contributed by atoms with Crippen LogP contribution < -0.4 is 5.32 Å². The van der Waals surface area contributed by atoms with Crippen molar-refractivity contribution in [1.29, 1.82) is 0 Å². The second-order valence-electron chi connectivity index (χ2n) is 8.68. The number of amides is 2. The van der Waals surface area contributed by atoms with Gasteiger partial charge in [0.25, 0.3) is 0 Å². The van der Waals surface area contributed by atoms with E-state index < -0.39 is 15.7 Å². The van der Waals surface area contributed by atoms with E-state index in [-0.39, 0.29) is 35.6 Å². The van der Waals surface area contributed by atoms with E-state index in [0.29, 0.717) is 22.0 Å². The summed E-state index contributed by atoms with van der Waals surface area (Å²) in [4.78, 5) is 19.0. The first-order chi connectivity index (χ1) is 16.1. The Morgan fingerprint density at radius 1 is 1.24 bits per heavy atom. The molecule has 0 aliphatic heterocycles. The maximum atomic E-state index is 13.2. The average Bonchev–Trinajstić information content (AvgIpc) is 3.51. The SMILES string of the molecule is CC(C)n1c(CN(C(=O)Nc2cccc(Cl)c2)C2CC2)cnc1S(=O)(=O)Cc1ccc(F)cc1. The highest BCUT2D eigenvalue weighted by molar-refractivity contribution is 7.90. The number of carbonyl (C=O) groups is 1. The summed E-state index contributed by atoms with van der Waals surface area (Å²) in [5, 5.41) is 3.33. The summed E-state index contributed by atoms with van der Waals surface area (Å²) in [6.07, 6.45) is 3.28. The number of benzene rings is 2. The molecule has 1 saturated carbocycles. The monoisotopic (exact) mass is 504 g/mol. The Morgan fingerprint density at radius 3 is 2.56 bits per heavy atom. The smallest absolute Gasteiger partial charge is 0.316 e. The molecule has 7 nitrogen and oxygen atoms in total. The standard InChI is InChI=1S/C24H26ClFN4O3S/c1-16(2)30-22(13-27-24(30)34(32,33)15-17-6-8-19(26)9-7-17)14-29(21-10-11-21)23(31)28-20-5-3-4-18(25)12-20/h3-9,12-13,16,21H,10-11,14-15H2,1-2H3,(H,28,31). The normalized spacial score (nSPS) is 13.8. The summed E-state index contributed by atoms with van der Waals surface area (Å²) in [5.41, 5.74) is 1.69. The molecular weight excluding hydrogens is 479 g/mol. The summed E-state index contributed by atoms with van der Waals surface area (Å²) < 4.78 is 41.2. The summed E-state index contributed by atoms with van der Waals surface area (Å²) in [6, 6.07) is 11.9. The first-order valence-corrected chi connectivity index (χ1v) is 13.0. The van der Waals surface area contributed by atoms with Gasteiger partial charge < -0.3 is 14.8 Å². The number of aromatic nitrogens is 2. The van der Waals surface area contributed by atoms with Crippen LogP contribution in [0.25, 0.3) is 0 Å². The van der Waals surface area contributed by atoms with E-state index in [1.807, 2.05) is 13.8 Å². The maximum Gasteiger partial charge on any atom is 0.322 e. The van der Waals surface area contributed by atoms with Crippen LogP contribution in [0, 0.1) is 5.82 Å². The van der Waals surface area contributed by atoms with E-state index in [0.717, 1.165) is 12.8 Å². The third-order valence-electron chi connectivity index (χ3n) is 5.56. The number of sulfone groups is 1.